The molecule has 142 valence electrons. The molecule has 4 nitrogen and oxygen atoms in total. The summed E-state index contributed by atoms with van der Waals surface area (Å²) in [5.41, 5.74) is 2.25. The second kappa shape index (κ2) is 9.81. The number of ether oxygens (including phenoxy) is 1. The first-order valence-electron chi connectivity index (χ1n) is 9.76. The van der Waals surface area contributed by atoms with Gasteiger partial charge in [0, 0.05) is 30.9 Å². The number of carbonyl (C=O) groups excluding carboxylic acids is 1. The van der Waals surface area contributed by atoms with Gasteiger partial charge in [0.05, 0.1) is 6.61 Å². The Hall–Kier alpha value is -2.75. The minimum absolute atomic E-state index is 0.0283. The largest absolute Gasteiger partial charge is 0.494 e. The molecular formula is C23H28N2O2. The molecule has 2 aromatic carbocycles. The molecule has 0 unspecified atom stereocenters. The monoisotopic (exact) mass is 364 g/mol. The van der Waals surface area contributed by atoms with Crippen LogP contribution in [0.15, 0.2) is 60.7 Å². The standard InChI is InChI=1S/C23H28N2O2/c1-2-18-27-22-11-8-19(9-12-22)10-13-23(26)24-20-14-16-25(17-15-20)21-6-4-3-5-7-21/h3-13,20H,2,14-18H2,1H3,(H,24,26). The minimum atomic E-state index is -0.0283. The number of nitrogens with zero attached hydrogens (tertiary/aromatic N) is 1. The Morgan fingerprint density at radius 3 is 2.48 bits per heavy atom. The highest BCUT2D eigenvalue weighted by Crippen LogP contribution is 2.19. The van der Waals surface area contributed by atoms with Crippen LogP contribution in [0, 0.1) is 0 Å². The first-order valence-corrected chi connectivity index (χ1v) is 9.76. The average molecular weight is 364 g/mol. The Bertz CT molecular complexity index is 733. The van der Waals surface area contributed by atoms with E-state index in [0.29, 0.717) is 0 Å². The van der Waals surface area contributed by atoms with Gasteiger partial charge in [-0.1, -0.05) is 37.3 Å². The number of hydrogen-bond acceptors (Lipinski definition) is 3. The van der Waals surface area contributed by atoms with E-state index in [-0.39, 0.29) is 11.9 Å². The normalized spacial score (nSPS) is 15.1. The molecule has 0 bridgehead atoms. The van der Waals surface area contributed by atoms with Crippen molar-refractivity contribution in [2.75, 3.05) is 24.6 Å². The van der Waals surface area contributed by atoms with Crippen molar-refractivity contribution in [3.05, 3.63) is 66.2 Å². The van der Waals surface area contributed by atoms with Crippen LogP contribution >= 0.6 is 0 Å². The van der Waals surface area contributed by atoms with Crippen LogP contribution in [0.25, 0.3) is 6.08 Å². The van der Waals surface area contributed by atoms with Gasteiger partial charge in [0.25, 0.3) is 0 Å². The van der Waals surface area contributed by atoms with Gasteiger partial charge in [0.15, 0.2) is 0 Å². The Morgan fingerprint density at radius 2 is 1.81 bits per heavy atom. The summed E-state index contributed by atoms with van der Waals surface area (Å²) in [6, 6.07) is 18.5. The van der Waals surface area contributed by atoms with Gasteiger partial charge >= 0.3 is 0 Å². The van der Waals surface area contributed by atoms with Crippen molar-refractivity contribution in [2.45, 2.75) is 32.2 Å². The number of piperidine rings is 1. The van der Waals surface area contributed by atoms with E-state index in [1.165, 1.54) is 5.69 Å². The summed E-state index contributed by atoms with van der Waals surface area (Å²) in [5.74, 6) is 0.836. The number of hydrogen-bond donors (Lipinski definition) is 1. The molecule has 0 radical (unpaired) electrons. The van der Waals surface area contributed by atoms with E-state index < -0.39 is 0 Å². The summed E-state index contributed by atoms with van der Waals surface area (Å²) in [7, 11) is 0. The van der Waals surface area contributed by atoms with Gasteiger partial charge in [0.1, 0.15) is 5.75 Å². The van der Waals surface area contributed by atoms with Gasteiger partial charge in [0.2, 0.25) is 5.91 Å². The number of benzene rings is 2. The maximum absolute atomic E-state index is 12.2. The summed E-state index contributed by atoms with van der Waals surface area (Å²) >= 11 is 0. The lowest BCUT2D eigenvalue weighted by Gasteiger charge is -2.33. The lowest BCUT2D eigenvalue weighted by molar-refractivity contribution is -0.117. The second-order valence-electron chi connectivity index (χ2n) is 6.86. The predicted molar refractivity (Wildman–Crippen MR) is 111 cm³/mol. The van der Waals surface area contributed by atoms with Crippen LogP contribution in [0.3, 0.4) is 0 Å². The summed E-state index contributed by atoms with van der Waals surface area (Å²) < 4.78 is 5.57. The fourth-order valence-corrected chi connectivity index (χ4v) is 3.24. The Balaban J connectivity index is 1.43. The number of nitrogens with one attached hydrogen (secondary N) is 1. The zero-order valence-corrected chi connectivity index (χ0v) is 15.9. The predicted octanol–water partition coefficient (Wildman–Crippen LogP) is 4.27. The Kier molecular flexibility index (Phi) is 6.91. The molecule has 0 spiro atoms. The quantitative estimate of drug-likeness (QED) is 0.746. The number of carbonyl (C=O) groups is 1. The van der Waals surface area contributed by atoms with Gasteiger partial charge in [-0.2, -0.15) is 0 Å². The number of amides is 1. The van der Waals surface area contributed by atoms with Crippen molar-refractivity contribution in [2.24, 2.45) is 0 Å². The molecule has 0 aliphatic carbocycles. The van der Waals surface area contributed by atoms with Gasteiger partial charge < -0.3 is 15.0 Å². The first kappa shape index (κ1) is 19.0. The number of rotatable bonds is 7. The summed E-state index contributed by atoms with van der Waals surface area (Å²) in [6.45, 7) is 4.75. The smallest absolute Gasteiger partial charge is 0.244 e. The topological polar surface area (TPSA) is 41.6 Å². The van der Waals surface area contributed by atoms with Crippen LogP contribution in [0.2, 0.25) is 0 Å². The van der Waals surface area contributed by atoms with E-state index in [1.807, 2.05) is 36.4 Å². The van der Waals surface area contributed by atoms with Crippen LogP contribution in [0.5, 0.6) is 5.75 Å². The van der Waals surface area contributed by atoms with Crippen LogP contribution in [-0.2, 0) is 4.79 Å². The van der Waals surface area contributed by atoms with Crippen LogP contribution < -0.4 is 15.0 Å². The van der Waals surface area contributed by atoms with Crippen LogP contribution in [-0.4, -0.2) is 31.6 Å². The molecule has 3 rings (SSSR count). The van der Waals surface area contributed by atoms with Gasteiger partial charge in [-0.3, -0.25) is 4.79 Å². The fraction of sp³-hybridized carbons (Fsp3) is 0.348. The minimum Gasteiger partial charge on any atom is -0.494 e. The summed E-state index contributed by atoms with van der Waals surface area (Å²) in [5, 5.41) is 3.12. The van der Waals surface area contributed by atoms with Crippen molar-refractivity contribution in [3.63, 3.8) is 0 Å². The van der Waals surface area contributed by atoms with Crippen molar-refractivity contribution in [1.82, 2.24) is 5.32 Å². The zero-order valence-electron chi connectivity index (χ0n) is 15.9. The van der Waals surface area contributed by atoms with E-state index in [9.17, 15) is 4.79 Å². The van der Waals surface area contributed by atoms with E-state index in [2.05, 4.69) is 41.4 Å². The van der Waals surface area contributed by atoms with Crippen molar-refractivity contribution < 1.29 is 9.53 Å². The molecule has 0 saturated carbocycles. The SMILES string of the molecule is CCCOc1ccc(C=CC(=O)NC2CCN(c3ccccc3)CC2)cc1. The molecule has 1 aliphatic heterocycles. The Labute approximate surface area is 161 Å². The van der Waals surface area contributed by atoms with E-state index in [1.54, 1.807) is 6.08 Å². The maximum Gasteiger partial charge on any atom is 0.244 e. The third-order valence-electron chi connectivity index (χ3n) is 4.74. The van der Waals surface area contributed by atoms with Gasteiger partial charge in [-0.15, -0.1) is 0 Å². The van der Waals surface area contributed by atoms with Crippen molar-refractivity contribution in [1.29, 1.82) is 0 Å². The molecule has 0 aromatic heterocycles. The lowest BCUT2D eigenvalue weighted by Crippen LogP contribution is -2.44. The molecule has 1 heterocycles. The molecule has 1 saturated heterocycles. The first-order chi connectivity index (χ1) is 13.2. The number of anilines is 1. The fourth-order valence-electron chi connectivity index (χ4n) is 3.24. The number of para-hydroxylation sites is 1. The molecule has 1 aliphatic rings. The molecule has 1 amide bonds. The van der Waals surface area contributed by atoms with Crippen LogP contribution in [0.1, 0.15) is 31.7 Å². The van der Waals surface area contributed by atoms with E-state index in [4.69, 9.17) is 4.74 Å². The van der Waals surface area contributed by atoms with Crippen LogP contribution in [0.4, 0.5) is 5.69 Å². The van der Waals surface area contributed by atoms with Gasteiger partial charge in [-0.05, 0) is 55.2 Å². The molecule has 1 fully saturated rings. The Morgan fingerprint density at radius 1 is 1.11 bits per heavy atom. The van der Waals surface area contributed by atoms with Crippen molar-refractivity contribution in [3.8, 4) is 5.75 Å². The summed E-state index contributed by atoms with van der Waals surface area (Å²) in [6.07, 6.45) is 6.39. The van der Waals surface area contributed by atoms with Crippen molar-refractivity contribution >= 4 is 17.7 Å². The van der Waals surface area contributed by atoms with E-state index in [0.717, 1.165) is 50.3 Å². The molecule has 2 aromatic rings. The lowest BCUT2D eigenvalue weighted by atomic mass is 10.0. The highest BCUT2D eigenvalue weighted by Gasteiger charge is 2.20. The summed E-state index contributed by atoms with van der Waals surface area (Å²) in [4.78, 5) is 14.6. The molecule has 1 N–H and O–H groups in total. The third kappa shape index (κ3) is 5.88. The van der Waals surface area contributed by atoms with E-state index >= 15 is 0 Å². The highest BCUT2D eigenvalue weighted by atomic mass is 16.5. The van der Waals surface area contributed by atoms with Gasteiger partial charge in [-0.25, -0.2) is 0 Å². The maximum atomic E-state index is 12.2. The average Bonchev–Trinajstić information content (AvgIpc) is 2.73. The zero-order chi connectivity index (χ0) is 18.9. The molecule has 27 heavy (non-hydrogen) atoms. The molecule has 4 heteroatoms. The molecule has 0 atom stereocenters. The highest BCUT2D eigenvalue weighted by molar-refractivity contribution is 5.91. The second-order valence-corrected chi connectivity index (χ2v) is 6.86. The third-order valence-corrected chi connectivity index (χ3v) is 4.74. The molecular weight excluding hydrogens is 336 g/mol.